The van der Waals surface area contributed by atoms with Gasteiger partial charge in [-0.15, -0.1) is 24.0 Å². The number of imidazole rings is 1. The fourth-order valence-electron chi connectivity index (χ4n) is 1.43. The Labute approximate surface area is 111 Å². The normalized spacial score (nSPS) is 9.88. The van der Waals surface area contributed by atoms with Crippen LogP contribution in [-0.4, -0.2) is 9.55 Å². The summed E-state index contributed by atoms with van der Waals surface area (Å²) in [5.41, 5.74) is 2.16. The van der Waals surface area contributed by atoms with Crippen LogP contribution in [0.15, 0.2) is 36.8 Å². The molecule has 2 rings (SSSR count). The van der Waals surface area contributed by atoms with E-state index >= 15 is 0 Å². The van der Waals surface area contributed by atoms with Gasteiger partial charge >= 0.3 is 0 Å². The first-order chi connectivity index (χ1) is 7.29. The van der Waals surface area contributed by atoms with E-state index in [9.17, 15) is 0 Å². The van der Waals surface area contributed by atoms with E-state index in [1.165, 1.54) is 0 Å². The van der Waals surface area contributed by atoms with E-state index in [2.05, 4.69) is 4.98 Å². The van der Waals surface area contributed by atoms with Crippen molar-refractivity contribution in [2.24, 2.45) is 0 Å². The van der Waals surface area contributed by atoms with Crippen LogP contribution in [0.25, 0.3) is 0 Å². The number of nitrogens with zero attached hydrogens (tertiary/aromatic N) is 2. The maximum Gasteiger partial charge on any atom is 0.0951 e. The third-order valence-electron chi connectivity index (χ3n) is 2.18. The summed E-state index contributed by atoms with van der Waals surface area (Å²) < 4.78 is 2.01. The Morgan fingerprint density at radius 3 is 2.81 bits per heavy atom. The lowest BCUT2D eigenvalue weighted by Gasteiger charge is -2.06. The van der Waals surface area contributed by atoms with E-state index in [1.807, 2.05) is 28.8 Å². The molecule has 86 valence electrons. The summed E-state index contributed by atoms with van der Waals surface area (Å²) >= 11 is 11.7. The van der Waals surface area contributed by atoms with Gasteiger partial charge in [0.25, 0.3) is 0 Å². The van der Waals surface area contributed by atoms with E-state index in [0.29, 0.717) is 5.88 Å². The molecule has 1 heterocycles. The molecule has 0 amide bonds. The molecular weight excluding hydrogens is 266 g/mol. The molecule has 0 bridgehead atoms. The molecule has 0 aliphatic heterocycles. The molecule has 0 saturated heterocycles. The van der Waals surface area contributed by atoms with Gasteiger partial charge in [0.1, 0.15) is 0 Å². The number of benzene rings is 1. The average Bonchev–Trinajstić information content (AvgIpc) is 2.65. The number of rotatable bonds is 3. The zero-order valence-electron chi connectivity index (χ0n) is 8.44. The molecule has 0 spiro atoms. The van der Waals surface area contributed by atoms with Crippen LogP contribution in [-0.2, 0) is 12.4 Å². The van der Waals surface area contributed by atoms with Gasteiger partial charge in [0.2, 0.25) is 0 Å². The van der Waals surface area contributed by atoms with E-state index in [1.54, 1.807) is 12.5 Å². The van der Waals surface area contributed by atoms with E-state index in [0.717, 1.165) is 22.8 Å². The standard InChI is InChI=1S/C11H10Cl2N2.ClH/c12-5-11-6-14-8-15(11)7-9-2-1-3-10(13)4-9;/h1-4,6,8H,5,7H2;1H. The summed E-state index contributed by atoms with van der Waals surface area (Å²) in [6.45, 7) is 0.753. The van der Waals surface area contributed by atoms with Crippen LogP contribution in [0, 0.1) is 0 Å². The minimum Gasteiger partial charge on any atom is -0.329 e. The van der Waals surface area contributed by atoms with E-state index in [-0.39, 0.29) is 12.4 Å². The van der Waals surface area contributed by atoms with Crippen molar-refractivity contribution < 1.29 is 0 Å². The van der Waals surface area contributed by atoms with Crippen molar-refractivity contribution in [1.82, 2.24) is 9.55 Å². The SMILES string of the molecule is Cl.ClCc1cncn1Cc1cccc(Cl)c1. The third kappa shape index (κ3) is 3.14. The Morgan fingerprint density at radius 2 is 2.12 bits per heavy atom. The Balaban J connectivity index is 0.00000128. The van der Waals surface area contributed by atoms with Gasteiger partial charge in [-0.05, 0) is 17.7 Å². The molecule has 0 N–H and O–H groups in total. The van der Waals surface area contributed by atoms with Crippen molar-refractivity contribution in [2.45, 2.75) is 12.4 Å². The summed E-state index contributed by atoms with van der Waals surface area (Å²) in [7, 11) is 0. The predicted molar refractivity (Wildman–Crippen MR) is 69.6 cm³/mol. The highest BCUT2D eigenvalue weighted by Crippen LogP contribution is 2.13. The number of halogens is 3. The molecule has 5 heteroatoms. The molecule has 0 aliphatic rings. The fourth-order valence-corrected chi connectivity index (χ4v) is 1.87. The van der Waals surface area contributed by atoms with E-state index in [4.69, 9.17) is 23.2 Å². The maximum absolute atomic E-state index is 5.91. The first kappa shape index (κ1) is 13.4. The molecule has 0 fully saturated rings. The number of hydrogen-bond acceptors (Lipinski definition) is 1. The van der Waals surface area contributed by atoms with Gasteiger partial charge in [-0.1, -0.05) is 23.7 Å². The number of alkyl halides is 1. The molecule has 0 atom stereocenters. The van der Waals surface area contributed by atoms with Gasteiger partial charge < -0.3 is 4.57 Å². The van der Waals surface area contributed by atoms with Gasteiger partial charge in [-0.3, -0.25) is 0 Å². The van der Waals surface area contributed by atoms with Crippen LogP contribution in [0.2, 0.25) is 5.02 Å². The molecule has 16 heavy (non-hydrogen) atoms. The lowest BCUT2D eigenvalue weighted by molar-refractivity contribution is 0.765. The highest BCUT2D eigenvalue weighted by molar-refractivity contribution is 6.30. The maximum atomic E-state index is 5.91. The number of aromatic nitrogens is 2. The summed E-state index contributed by atoms with van der Waals surface area (Å²) in [4.78, 5) is 4.06. The average molecular weight is 278 g/mol. The lowest BCUT2D eigenvalue weighted by Crippen LogP contribution is -2.01. The summed E-state index contributed by atoms with van der Waals surface area (Å²) in [5.74, 6) is 0.473. The number of hydrogen-bond donors (Lipinski definition) is 0. The van der Waals surface area contributed by atoms with Gasteiger partial charge in [0, 0.05) is 17.8 Å². The highest BCUT2D eigenvalue weighted by atomic mass is 35.5. The Morgan fingerprint density at radius 1 is 1.31 bits per heavy atom. The first-order valence-electron chi connectivity index (χ1n) is 4.59. The van der Waals surface area contributed by atoms with Crippen molar-refractivity contribution in [3.63, 3.8) is 0 Å². The molecule has 0 aliphatic carbocycles. The summed E-state index contributed by atoms with van der Waals surface area (Å²) in [6.07, 6.45) is 3.55. The lowest BCUT2D eigenvalue weighted by atomic mass is 10.2. The minimum atomic E-state index is 0. The van der Waals surface area contributed by atoms with Crippen LogP contribution in [0.4, 0.5) is 0 Å². The monoisotopic (exact) mass is 276 g/mol. The predicted octanol–water partition coefficient (Wildman–Crippen LogP) is 3.75. The zero-order chi connectivity index (χ0) is 10.7. The Hall–Kier alpha value is -0.700. The van der Waals surface area contributed by atoms with Gasteiger partial charge in [0.15, 0.2) is 0 Å². The van der Waals surface area contributed by atoms with E-state index < -0.39 is 0 Å². The molecule has 2 aromatic rings. The molecule has 2 nitrogen and oxygen atoms in total. The first-order valence-corrected chi connectivity index (χ1v) is 5.50. The smallest absolute Gasteiger partial charge is 0.0951 e. The van der Waals surface area contributed by atoms with Crippen LogP contribution >= 0.6 is 35.6 Å². The molecule has 1 aromatic carbocycles. The fraction of sp³-hybridized carbons (Fsp3) is 0.182. The molecule has 0 radical (unpaired) electrons. The minimum absolute atomic E-state index is 0. The van der Waals surface area contributed by atoms with Crippen molar-refractivity contribution in [2.75, 3.05) is 0 Å². The Bertz CT molecular complexity index is 454. The van der Waals surface area contributed by atoms with Crippen molar-refractivity contribution >= 4 is 35.6 Å². The van der Waals surface area contributed by atoms with Gasteiger partial charge in [-0.2, -0.15) is 0 Å². The van der Waals surface area contributed by atoms with Crippen LogP contribution in [0.1, 0.15) is 11.3 Å². The van der Waals surface area contributed by atoms with Crippen molar-refractivity contribution in [3.8, 4) is 0 Å². The topological polar surface area (TPSA) is 17.8 Å². The van der Waals surface area contributed by atoms with Crippen molar-refractivity contribution in [3.05, 3.63) is 53.1 Å². The highest BCUT2D eigenvalue weighted by Gasteiger charge is 2.01. The summed E-state index contributed by atoms with van der Waals surface area (Å²) in [5, 5.41) is 0.750. The quantitative estimate of drug-likeness (QED) is 0.781. The summed E-state index contributed by atoms with van der Waals surface area (Å²) in [6, 6.07) is 7.78. The second-order valence-electron chi connectivity index (χ2n) is 3.28. The Kier molecular flexibility index (Phi) is 5.13. The van der Waals surface area contributed by atoms with Gasteiger partial charge in [0.05, 0.1) is 17.9 Å². The van der Waals surface area contributed by atoms with Crippen LogP contribution in [0.5, 0.6) is 0 Å². The largest absolute Gasteiger partial charge is 0.329 e. The molecule has 0 unspecified atom stereocenters. The molecule has 1 aromatic heterocycles. The van der Waals surface area contributed by atoms with Crippen LogP contribution < -0.4 is 0 Å². The molecule has 0 saturated carbocycles. The zero-order valence-corrected chi connectivity index (χ0v) is 10.8. The van der Waals surface area contributed by atoms with Crippen molar-refractivity contribution in [1.29, 1.82) is 0 Å². The molecular formula is C11H11Cl3N2. The second kappa shape index (κ2) is 6.14. The second-order valence-corrected chi connectivity index (χ2v) is 3.98. The third-order valence-corrected chi connectivity index (χ3v) is 2.69. The van der Waals surface area contributed by atoms with Crippen LogP contribution in [0.3, 0.4) is 0 Å². The van der Waals surface area contributed by atoms with Gasteiger partial charge in [-0.25, -0.2) is 4.98 Å².